The first-order valence-corrected chi connectivity index (χ1v) is 6.33. The number of nitrogens with two attached hydrogens (primary N) is 1. The number of nitrogens with one attached hydrogen (secondary N) is 1. The molecule has 0 aliphatic heterocycles. The molecule has 0 saturated carbocycles. The lowest BCUT2D eigenvalue weighted by atomic mass is 10.2. The van der Waals surface area contributed by atoms with Crippen LogP contribution in [0.4, 0.5) is 0 Å². The summed E-state index contributed by atoms with van der Waals surface area (Å²) in [6.45, 7) is 6.46. The molecule has 0 saturated heterocycles. The van der Waals surface area contributed by atoms with Crippen LogP contribution in [0.2, 0.25) is 0 Å². The highest BCUT2D eigenvalue weighted by Crippen LogP contribution is 2.00. The van der Waals surface area contributed by atoms with Crippen LogP contribution in [0.3, 0.4) is 0 Å². The molecule has 0 aliphatic carbocycles. The van der Waals surface area contributed by atoms with Crippen molar-refractivity contribution in [3.63, 3.8) is 0 Å². The maximum atomic E-state index is 5.84. The molecule has 17 heavy (non-hydrogen) atoms. The van der Waals surface area contributed by atoms with E-state index in [0.29, 0.717) is 19.3 Å². The van der Waals surface area contributed by atoms with E-state index in [-0.39, 0.29) is 6.04 Å². The summed E-state index contributed by atoms with van der Waals surface area (Å²) in [5.74, 6) is 0. The molecule has 0 radical (unpaired) electrons. The normalized spacial score (nSPS) is 14.5. The Kier molecular flexibility index (Phi) is 6.86. The summed E-state index contributed by atoms with van der Waals surface area (Å²) in [6, 6.07) is 10.8. The Balaban J connectivity index is 2.10. The lowest BCUT2D eigenvalue weighted by Gasteiger charge is -2.16. The molecule has 1 rings (SSSR count). The van der Waals surface area contributed by atoms with Crippen molar-refractivity contribution >= 4 is 0 Å². The molecule has 1 aromatic rings. The minimum absolute atomic E-state index is 0.242. The predicted octanol–water partition coefficient (Wildman–Crippen LogP) is 1.92. The summed E-state index contributed by atoms with van der Waals surface area (Å²) >= 11 is 0. The first-order valence-electron chi connectivity index (χ1n) is 6.33. The predicted molar refractivity (Wildman–Crippen MR) is 71.8 cm³/mol. The van der Waals surface area contributed by atoms with Crippen molar-refractivity contribution in [2.75, 3.05) is 13.2 Å². The number of hydrogen-bond donors (Lipinski definition) is 2. The third kappa shape index (κ3) is 6.41. The molecule has 1 unspecified atom stereocenters. The lowest BCUT2D eigenvalue weighted by Crippen LogP contribution is -2.39. The van der Waals surface area contributed by atoms with Gasteiger partial charge in [-0.3, -0.25) is 0 Å². The van der Waals surface area contributed by atoms with Crippen LogP contribution in [-0.4, -0.2) is 25.2 Å². The topological polar surface area (TPSA) is 47.3 Å². The van der Waals surface area contributed by atoms with Crippen LogP contribution in [-0.2, 0) is 11.3 Å². The van der Waals surface area contributed by atoms with E-state index in [1.807, 2.05) is 18.2 Å². The first-order chi connectivity index (χ1) is 8.22. The molecule has 0 heterocycles. The molecule has 96 valence electrons. The number of benzene rings is 1. The highest BCUT2D eigenvalue weighted by atomic mass is 16.5. The smallest absolute Gasteiger partial charge is 0.0717 e. The van der Waals surface area contributed by atoms with Gasteiger partial charge in [-0.05, 0) is 18.9 Å². The summed E-state index contributed by atoms with van der Waals surface area (Å²) in [5, 5.41) is 3.37. The van der Waals surface area contributed by atoms with Crippen molar-refractivity contribution in [3.05, 3.63) is 35.9 Å². The second kappa shape index (κ2) is 8.23. The van der Waals surface area contributed by atoms with E-state index in [4.69, 9.17) is 10.5 Å². The van der Waals surface area contributed by atoms with Crippen molar-refractivity contribution in [2.45, 2.75) is 39.0 Å². The third-order valence-corrected chi connectivity index (χ3v) is 2.73. The average molecular weight is 236 g/mol. The SMILES string of the molecule is CC[C@H](N)CNC(C)COCc1ccccc1. The third-order valence-electron chi connectivity index (χ3n) is 2.73. The van der Waals surface area contributed by atoms with Crippen molar-refractivity contribution in [3.8, 4) is 0 Å². The Hall–Kier alpha value is -0.900. The second-order valence-corrected chi connectivity index (χ2v) is 4.48. The minimum Gasteiger partial charge on any atom is -0.375 e. The van der Waals surface area contributed by atoms with Gasteiger partial charge in [0, 0.05) is 18.6 Å². The molecule has 2 atom stereocenters. The Bertz CT molecular complexity index is 290. The van der Waals surface area contributed by atoms with Crippen LogP contribution in [0.1, 0.15) is 25.8 Å². The molecule has 3 nitrogen and oxygen atoms in total. The van der Waals surface area contributed by atoms with E-state index < -0.39 is 0 Å². The van der Waals surface area contributed by atoms with Gasteiger partial charge in [-0.15, -0.1) is 0 Å². The summed E-state index contributed by atoms with van der Waals surface area (Å²) in [6.07, 6.45) is 1.00. The van der Waals surface area contributed by atoms with E-state index in [2.05, 4.69) is 31.3 Å². The molecular weight excluding hydrogens is 212 g/mol. The van der Waals surface area contributed by atoms with Crippen LogP contribution >= 0.6 is 0 Å². The van der Waals surface area contributed by atoms with Crippen LogP contribution in [0, 0.1) is 0 Å². The zero-order valence-electron chi connectivity index (χ0n) is 10.9. The van der Waals surface area contributed by atoms with Gasteiger partial charge in [0.1, 0.15) is 0 Å². The van der Waals surface area contributed by atoms with Gasteiger partial charge in [0.15, 0.2) is 0 Å². The van der Waals surface area contributed by atoms with Crippen LogP contribution in [0.25, 0.3) is 0 Å². The van der Waals surface area contributed by atoms with Crippen molar-refractivity contribution < 1.29 is 4.74 Å². The molecule has 3 N–H and O–H groups in total. The maximum absolute atomic E-state index is 5.84. The molecule has 3 heteroatoms. The highest BCUT2D eigenvalue weighted by molar-refractivity contribution is 5.13. The Morgan fingerprint density at radius 1 is 1.29 bits per heavy atom. The summed E-state index contributed by atoms with van der Waals surface area (Å²) in [4.78, 5) is 0. The number of ether oxygens (including phenoxy) is 1. The maximum Gasteiger partial charge on any atom is 0.0717 e. The fourth-order valence-corrected chi connectivity index (χ4v) is 1.48. The highest BCUT2D eigenvalue weighted by Gasteiger charge is 2.04. The molecule has 0 aliphatic rings. The molecule has 1 aromatic carbocycles. The Morgan fingerprint density at radius 3 is 2.65 bits per heavy atom. The molecule has 0 spiro atoms. The van der Waals surface area contributed by atoms with Gasteiger partial charge >= 0.3 is 0 Å². The fraction of sp³-hybridized carbons (Fsp3) is 0.571. The average Bonchev–Trinajstić information content (AvgIpc) is 2.37. The van der Waals surface area contributed by atoms with Gasteiger partial charge in [0.2, 0.25) is 0 Å². The standard InChI is InChI=1S/C14H24N2O/c1-3-14(15)9-16-12(2)10-17-11-13-7-5-4-6-8-13/h4-8,12,14,16H,3,9-11,15H2,1-2H3/t12?,14-/m0/s1. The zero-order chi connectivity index (χ0) is 12.5. The largest absolute Gasteiger partial charge is 0.375 e. The molecule has 0 fully saturated rings. The van der Waals surface area contributed by atoms with E-state index in [1.54, 1.807) is 0 Å². The first kappa shape index (κ1) is 14.2. The van der Waals surface area contributed by atoms with Gasteiger partial charge in [-0.25, -0.2) is 0 Å². The van der Waals surface area contributed by atoms with Crippen LogP contribution in [0.5, 0.6) is 0 Å². The summed E-state index contributed by atoms with van der Waals surface area (Å²) < 4.78 is 5.64. The van der Waals surface area contributed by atoms with E-state index in [1.165, 1.54) is 5.56 Å². The number of rotatable bonds is 8. The minimum atomic E-state index is 0.242. The molecule has 0 amide bonds. The Labute approximate surface area is 104 Å². The zero-order valence-corrected chi connectivity index (χ0v) is 10.9. The van der Waals surface area contributed by atoms with Crippen molar-refractivity contribution in [2.24, 2.45) is 5.73 Å². The second-order valence-electron chi connectivity index (χ2n) is 4.48. The molecule has 0 aromatic heterocycles. The lowest BCUT2D eigenvalue weighted by molar-refractivity contribution is 0.102. The fourth-order valence-electron chi connectivity index (χ4n) is 1.48. The Morgan fingerprint density at radius 2 is 2.00 bits per heavy atom. The van der Waals surface area contributed by atoms with Gasteiger partial charge < -0.3 is 15.8 Å². The molecular formula is C14H24N2O. The van der Waals surface area contributed by atoms with Gasteiger partial charge in [0.05, 0.1) is 13.2 Å². The van der Waals surface area contributed by atoms with Gasteiger partial charge in [-0.2, -0.15) is 0 Å². The molecule has 0 bridgehead atoms. The summed E-state index contributed by atoms with van der Waals surface area (Å²) in [7, 11) is 0. The monoisotopic (exact) mass is 236 g/mol. The van der Waals surface area contributed by atoms with E-state index in [0.717, 1.165) is 13.0 Å². The van der Waals surface area contributed by atoms with E-state index in [9.17, 15) is 0 Å². The quantitative estimate of drug-likeness (QED) is 0.725. The van der Waals surface area contributed by atoms with Gasteiger partial charge in [0.25, 0.3) is 0 Å². The summed E-state index contributed by atoms with van der Waals surface area (Å²) in [5.41, 5.74) is 7.05. The van der Waals surface area contributed by atoms with Crippen LogP contribution < -0.4 is 11.1 Å². The van der Waals surface area contributed by atoms with Crippen molar-refractivity contribution in [1.29, 1.82) is 0 Å². The van der Waals surface area contributed by atoms with Crippen LogP contribution in [0.15, 0.2) is 30.3 Å². The number of hydrogen-bond acceptors (Lipinski definition) is 3. The van der Waals surface area contributed by atoms with Crippen molar-refractivity contribution in [1.82, 2.24) is 5.32 Å². The van der Waals surface area contributed by atoms with Gasteiger partial charge in [-0.1, -0.05) is 37.3 Å². The van der Waals surface area contributed by atoms with E-state index >= 15 is 0 Å².